The first-order valence-electron chi connectivity index (χ1n) is 6.08. The second-order valence-corrected chi connectivity index (χ2v) is 5.82. The number of carbonyl (C=O) groups excluding carboxylic acids is 1. The molecular formula is C14H18O6. The molecule has 110 valence electrons. The molecule has 1 rings (SSSR count). The third kappa shape index (κ3) is 3.26. The first kappa shape index (κ1) is 15.9. The van der Waals surface area contributed by atoms with Gasteiger partial charge in [-0.05, 0) is 33.8 Å². The van der Waals surface area contributed by atoms with Crippen molar-refractivity contribution in [2.24, 2.45) is 5.41 Å². The van der Waals surface area contributed by atoms with Gasteiger partial charge in [-0.25, -0.2) is 4.79 Å². The van der Waals surface area contributed by atoms with Crippen LogP contribution in [0.1, 0.15) is 34.1 Å². The predicted molar refractivity (Wildman–Crippen MR) is 70.0 cm³/mol. The molecule has 0 radical (unpaired) electrons. The minimum atomic E-state index is -1.99. The first-order chi connectivity index (χ1) is 8.98. The van der Waals surface area contributed by atoms with Gasteiger partial charge < -0.3 is 14.9 Å². The van der Waals surface area contributed by atoms with Crippen LogP contribution in [0.4, 0.5) is 0 Å². The fourth-order valence-corrected chi connectivity index (χ4v) is 1.97. The van der Waals surface area contributed by atoms with Gasteiger partial charge in [0.1, 0.15) is 5.60 Å². The molecule has 6 nitrogen and oxygen atoms in total. The van der Waals surface area contributed by atoms with Gasteiger partial charge >= 0.3 is 17.9 Å². The van der Waals surface area contributed by atoms with Gasteiger partial charge in [-0.3, -0.25) is 9.59 Å². The van der Waals surface area contributed by atoms with Crippen molar-refractivity contribution in [2.45, 2.75) is 39.7 Å². The van der Waals surface area contributed by atoms with Gasteiger partial charge in [0, 0.05) is 12.0 Å². The Morgan fingerprint density at radius 2 is 1.80 bits per heavy atom. The van der Waals surface area contributed by atoms with Crippen LogP contribution >= 0.6 is 0 Å². The molecule has 0 aromatic rings. The van der Waals surface area contributed by atoms with Crippen molar-refractivity contribution in [1.29, 1.82) is 0 Å². The fourth-order valence-electron chi connectivity index (χ4n) is 1.97. The molecule has 0 spiro atoms. The van der Waals surface area contributed by atoms with Crippen LogP contribution in [0.3, 0.4) is 0 Å². The molecule has 20 heavy (non-hydrogen) atoms. The molecule has 6 heteroatoms. The van der Waals surface area contributed by atoms with Crippen LogP contribution in [0.15, 0.2) is 23.3 Å². The first-order valence-corrected chi connectivity index (χ1v) is 6.08. The Labute approximate surface area is 116 Å². The number of ether oxygens (including phenoxy) is 1. The van der Waals surface area contributed by atoms with E-state index in [9.17, 15) is 19.5 Å². The molecule has 0 aliphatic heterocycles. The van der Waals surface area contributed by atoms with E-state index in [2.05, 4.69) is 0 Å². The lowest BCUT2D eigenvalue weighted by Gasteiger charge is -2.31. The highest BCUT2D eigenvalue weighted by Gasteiger charge is 2.49. The van der Waals surface area contributed by atoms with Crippen LogP contribution in [-0.2, 0) is 19.1 Å². The number of hydrogen-bond donors (Lipinski definition) is 2. The van der Waals surface area contributed by atoms with E-state index in [4.69, 9.17) is 9.84 Å². The van der Waals surface area contributed by atoms with E-state index >= 15 is 0 Å². The summed E-state index contributed by atoms with van der Waals surface area (Å²) in [5.74, 6) is -3.62. The number of carbonyl (C=O) groups is 3. The Morgan fingerprint density at radius 3 is 2.20 bits per heavy atom. The van der Waals surface area contributed by atoms with Crippen molar-refractivity contribution in [3.05, 3.63) is 23.3 Å². The van der Waals surface area contributed by atoms with Crippen LogP contribution in [0.2, 0.25) is 0 Å². The van der Waals surface area contributed by atoms with Gasteiger partial charge in [-0.2, -0.15) is 0 Å². The lowest BCUT2D eigenvalue weighted by atomic mass is 9.76. The van der Waals surface area contributed by atoms with Crippen molar-refractivity contribution >= 4 is 17.9 Å². The monoisotopic (exact) mass is 282 g/mol. The predicted octanol–water partition coefficient (Wildman–Crippen LogP) is 1.76. The van der Waals surface area contributed by atoms with E-state index in [-0.39, 0.29) is 5.57 Å². The third-order valence-corrected chi connectivity index (χ3v) is 2.76. The summed E-state index contributed by atoms with van der Waals surface area (Å²) in [7, 11) is 0. The maximum Gasteiger partial charge on any atom is 0.331 e. The Hall–Kier alpha value is -2.11. The van der Waals surface area contributed by atoms with Gasteiger partial charge in [0.15, 0.2) is 5.41 Å². The third-order valence-electron chi connectivity index (χ3n) is 2.76. The topological polar surface area (TPSA) is 101 Å². The summed E-state index contributed by atoms with van der Waals surface area (Å²) in [4.78, 5) is 34.9. The zero-order chi connectivity index (χ0) is 15.7. The summed E-state index contributed by atoms with van der Waals surface area (Å²) in [5, 5.41) is 18.5. The SMILES string of the molecule is CC1=CC(C(=O)O)(C(=O)OC(C)(C)C)CC(C(=O)O)=C1. The van der Waals surface area contributed by atoms with Crippen LogP contribution in [0.25, 0.3) is 0 Å². The average molecular weight is 282 g/mol. The average Bonchev–Trinajstić information content (AvgIpc) is 2.25. The molecular weight excluding hydrogens is 264 g/mol. The molecule has 0 bridgehead atoms. The summed E-state index contributed by atoms with van der Waals surface area (Å²) < 4.78 is 5.13. The number of hydrogen-bond acceptors (Lipinski definition) is 4. The quantitative estimate of drug-likeness (QED) is 0.604. The molecule has 1 unspecified atom stereocenters. The summed E-state index contributed by atoms with van der Waals surface area (Å²) >= 11 is 0. The Balaban J connectivity index is 3.26. The van der Waals surface area contributed by atoms with E-state index < -0.39 is 35.3 Å². The summed E-state index contributed by atoms with van der Waals surface area (Å²) in [6.45, 7) is 6.40. The van der Waals surface area contributed by atoms with Gasteiger partial charge in [-0.1, -0.05) is 11.6 Å². The molecule has 0 heterocycles. The molecule has 2 N–H and O–H groups in total. The highest BCUT2D eigenvalue weighted by molar-refractivity contribution is 6.04. The molecule has 0 aromatic carbocycles. The van der Waals surface area contributed by atoms with Crippen LogP contribution in [-0.4, -0.2) is 33.7 Å². The number of esters is 1. The van der Waals surface area contributed by atoms with Gasteiger partial charge in [0.25, 0.3) is 0 Å². The fraction of sp³-hybridized carbons (Fsp3) is 0.500. The van der Waals surface area contributed by atoms with Crippen LogP contribution < -0.4 is 0 Å². The van der Waals surface area contributed by atoms with Crippen LogP contribution in [0, 0.1) is 5.41 Å². The molecule has 1 atom stereocenters. The van der Waals surface area contributed by atoms with Gasteiger partial charge in [0.05, 0.1) is 0 Å². The van der Waals surface area contributed by atoms with Gasteiger partial charge in [-0.15, -0.1) is 0 Å². The molecule has 0 amide bonds. The standard InChI is InChI=1S/C14H18O6/c1-8-5-9(10(15)16)7-14(6-8,11(17)18)12(19)20-13(2,3)4/h5-6H,7H2,1-4H3,(H,15,16)(H,17,18). The molecule has 0 fully saturated rings. The zero-order valence-electron chi connectivity index (χ0n) is 11.9. The van der Waals surface area contributed by atoms with E-state index in [1.807, 2.05) is 0 Å². The van der Waals surface area contributed by atoms with E-state index in [0.29, 0.717) is 5.57 Å². The van der Waals surface area contributed by atoms with Crippen molar-refractivity contribution in [3.63, 3.8) is 0 Å². The van der Waals surface area contributed by atoms with Crippen molar-refractivity contribution in [2.75, 3.05) is 0 Å². The second kappa shape index (κ2) is 5.11. The van der Waals surface area contributed by atoms with Crippen LogP contribution in [0.5, 0.6) is 0 Å². The summed E-state index contributed by atoms with van der Waals surface area (Å²) in [6, 6.07) is 0. The summed E-state index contributed by atoms with van der Waals surface area (Å²) in [5.41, 5.74) is -2.56. The van der Waals surface area contributed by atoms with Gasteiger partial charge in [0.2, 0.25) is 0 Å². The van der Waals surface area contributed by atoms with Crippen molar-refractivity contribution in [3.8, 4) is 0 Å². The Morgan fingerprint density at radius 1 is 1.25 bits per heavy atom. The lowest BCUT2D eigenvalue weighted by molar-refractivity contribution is -0.173. The minimum absolute atomic E-state index is 0.127. The molecule has 0 saturated heterocycles. The number of carboxylic acid groups (broad SMARTS) is 2. The Bertz CT molecular complexity index is 520. The molecule has 1 aliphatic carbocycles. The minimum Gasteiger partial charge on any atom is -0.480 e. The van der Waals surface area contributed by atoms with E-state index in [0.717, 1.165) is 0 Å². The largest absolute Gasteiger partial charge is 0.480 e. The maximum atomic E-state index is 12.2. The highest BCUT2D eigenvalue weighted by Crippen LogP contribution is 2.37. The maximum absolute atomic E-state index is 12.2. The number of allylic oxidation sites excluding steroid dienone is 2. The normalized spacial score (nSPS) is 22.6. The lowest BCUT2D eigenvalue weighted by Crippen LogP contribution is -2.44. The smallest absolute Gasteiger partial charge is 0.331 e. The summed E-state index contributed by atoms with van der Waals surface area (Å²) in [6.07, 6.45) is 2.17. The van der Waals surface area contributed by atoms with E-state index in [1.165, 1.54) is 12.2 Å². The molecule has 0 aromatic heterocycles. The Kier molecular flexibility index (Phi) is 4.07. The van der Waals surface area contributed by atoms with E-state index in [1.54, 1.807) is 27.7 Å². The molecule has 0 saturated carbocycles. The number of rotatable bonds is 3. The van der Waals surface area contributed by atoms with Crippen molar-refractivity contribution < 1.29 is 29.3 Å². The molecule has 1 aliphatic rings. The van der Waals surface area contributed by atoms with Crippen molar-refractivity contribution in [1.82, 2.24) is 0 Å². The second-order valence-electron chi connectivity index (χ2n) is 5.82. The number of aliphatic carboxylic acids is 2. The zero-order valence-corrected chi connectivity index (χ0v) is 11.9. The highest BCUT2D eigenvalue weighted by atomic mass is 16.6. The number of carboxylic acids is 2.